The minimum atomic E-state index is -0.0321. The lowest BCUT2D eigenvalue weighted by Gasteiger charge is -2.14. The monoisotopic (exact) mass is 316 g/mol. The molecule has 0 aliphatic rings. The molecular weight excluding hydrogens is 307 g/mol. The molecule has 0 aromatic heterocycles. The van der Waals surface area contributed by atoms with Crippen LogP contribution in [-0.2, 0) is 0 Å². The maximum Gasteiger partial charge on any atom is 0.159 e. The summed E-state index contributed by atoms with van der Waals surface area (Å²) >= 11 is 18.0. The van der Waals surface area contributed by atoms with Crippen LogP contribution in [0.4, 0.5) is 0 Å². The van der Waals surface area contributed by atoms with E-state index in [1.807, 2.05) is 12.1 Å². The second kappa shape index (κ2) is 6.87. The molecule has 0 fully saturated rings. The fourth-order valence-corrected chi connectivity index (χ4v) is 2.17. The summed E-state index contributed by atoms with van der Waals surface area (Å²) in [6.45, 7) is 4.52. The summed E-state index contributed by atoms with van der Waals surface area (Å²) in [6.07, 6.45) is 0.812. The Hall–Kier alpha value is -1.13. The quantitative estimate of drug-likeness (QED) is 0.748. The minimum Gasteiger partial charge on any atom is -0.490 e. The second-order valence-electron chi connectivity index (χ2n) is 4.28. The van der Waals surface area contributed by atoms with E-state index in [1.54, 1.807) is 0 Å². The zero-order chi connectivity index (χ0) is 14.6. The molecule has 1 rings (SSSR count). The highest BCUT2D eigenvalue weighted by atomic mass is 35.5. The van der Waals surface area contributed by atoms with Crippen molar-refractivity contribution in [1.82, 2.24) is 0 Å². The Balaban J connectivity index is 3.24. The maximum absolute atomic E-state index is 9.04. The number of hydrogen-bond donors (Lipinski definition) is 0. The Morgan fingerprint density at radius 3 is 2.00 bits per heavy atom. The molecule has 100 valence electrons. The molecule has 0 N–H and O–H groups in total. The number of nitriles is 2. The molecule has 0 heterocycles. The van der Waals surface area contributed by atoms with E-state index in [4.69, 9.17) is 50.1 Å². The van der Waals surface area contributed by atoms with E-state index < -0.39 is 0 Å². The van der Waals surface area contributed by atoms with Gasteiger partial charge in [-0.25, -0.2) is 0 Å². The standard InChI is InChI=1S/C13H11Cl3N2O/c1-7(2)3-4-19-13-11(15)9(6-18)8(5-17)10(14)12(13)16/h7H,3-4H2,1-2H3. The van der Waals surface area contributed by atoms with Crippen molar-refractivity contribution in [3.05, 3.63) is 26.2 Å². The van der Waals surface area contributed by atoms with Crippen LogP contribution in [0.3, 0.4) is 0 Å². The smallest absolute Gasteiger partial charge is 0.159 e. The van der Waals surface area contributed by atoms with Gasteiger partial charge in [-0.05, 0) is 12.3 Å². The average molecular weight is 318 g/mol. The highest BCUT2D eigenvalue weighted by Crippen LogP contribution is 2.43. The number of benzene rings is 1. The van der Waals surface area contributed by atoms with Gasteiger partial charge in [0.25, 0.3) is 0 Å². The SMILES string of the molecule is CC(C)CCOc1c(Cl)c(Cl)c(C#N)c(C#N)c1Cl. The Morgan fingerprint density at radius 2 is 1.53 bits per heavy atom. The zero-order valence-corrected chi connectivity index (χ0v) is 12.7. The van der Waals surface area contributed by atoms with Crippen LogP contribution in [0.15, 0.2) is 0 Å². The van der Waals surface area contributed by atoms with E-state index in [2.05, 4.69) is 13.8 Å². The summed E-state index contributed by atoms with van der Waals surface area (Å²) < 4.78 is 5.49. The molecule has 0 spiro atoms. The van der Waals surface area contributed by atoms with E-state index in [0.717, 1.165) is 6.42 Å². The molecule has 1 aromatic rings. The van der Waals surface area contributed by atoms with Gasteiger partial charge in [-0.1, -0.05) is 48.7 Å². The molecule has 0 unspecified atom stereocenters. The van der Waals surface area contributed by atoms with Gasteiger partial charge in [-0.3, -0.25) is 0 Å². The van der Waals surface area contributed by atoms with Gasteiger partial charge in [-0.15, -0.1) is 0 Å². The van der Waals surface area contributed by atoms with Crippen molar-refractivity contribution < 1.29 is 4.74 Å². The van der Waals surface area contributed by atoms with Crippen LogP contribution >= 0.6 is 34.8 Å². The lowest BCUT2D eigenvalue weighted by Crippen LogP contribution is -2.04. The van der Waals surface area contributed by atoms with Gasteiger partial charge >= 0.3 is 0 Å². The van der Waals surface area contributed by atoms with Crippen molar-refractivity contribution in [3.8, 4) is 17.9 Å². The first-order valence-electron chi connectivity index (χ1n) is 5.57. The van der Waals surface area contributed by atoms with Crippen molar-refractivity contribution in [3.63, 3.8) is 0 Å². The predicted octanol–water partition coefficient (Wildman–Crippen LogP) is 4.82. The van der Waals surface area contributed by atoms with Gasteiger partial charge in [0, 0.05) is 0 Å². The van der Waals surface area contributed by atoms with Crippen LogP contribution < -0.4 is 4.74 Å². The molecule has 0 bridgehead atoms. The molecule has 0 amide bonds. The molecule has 0 saturated carbocycles. The number of ether oxygens (including phenoxy) is 1. The van der Waals surface area contributed by atoms with Crippen molar-refractivity contribution in [2.24, 2.45) is 5.92 Å². The summed E-state index contributed by atoms with van der Waals surface area (Å²) in [4.78, 5) is 0. The number of hydrogen-bond acceptors (Lipinski definition) is 3. The normalized spacial score (nSPS) is 10.1. The van der Waals surface area contributed by atoms with E-state index in [9.17, 15) is 0 Å². The van der Waals surface area contributed by atoms with E-state index in [0.29, 0.717) is 12.5 Å². The van der Waals surface area contributed by atoms with E-state index >= 15 is 0 Å². The van der Waals surface area contributed by atoms with Gasteiger partial charge in [0.15, 0.2) is 5.75 Å². The summed E-state index contributed by atoms with van der Waals surface area (Å²) in [6, 6.07) is 3.66. The highest BCUT2D eigenvalue weighted by molar-refractivity contribution is 6.46. The van der Waals surface area contributed by atoms with Crippen LogP contribution in [0.25, 0.3) is 0 Å². The van der Waals surface area contributed by atoms with Crippen LogP contribution in [0, 0.1) is 28.6 Å². The Labute approximate surface area is 127 Å². The van der Waals surface area contributed by atoms with Crippen molar-refractivity contribution in [2.75, 3.05) is 6.61 Å². The third kappa shape index (κ3) is 3.45. The molecular formula is C13H11Cl3N2O. The summed E-state index contributed by atoms with van der Waals surface area (Å²) in [7, 11) is 0. The topological polar surface area (TPSA) is 56.8 Å². The zero-order valence-electron chi connectivity index (χ0n) is 10.4. The van der Waals surface area contributed by atoms with Crippen LogP contribution in [0.1, 0.15) is 31.4 Å². The van der Waals surface area contributed by atoms with Crippen molar-refractivity contribution >= 4 is 34.8 Å². The highest BCUT2D eigenvalue weighted by Gasteiger charge is 2.22. The summed E-state index contributed by atoms with van der Waals surface area (Å²) in [5, 5.41) is 18.1. The third-order valence-corrected chi connectivity index (χ3v) is 3.64. The molecule has 6 heteroatoms. The van der Waals surface area contributed by atoms with Gasteiger partial charge in [0.05, 0.1) is 22.8 Å². The fourth-order valence-electron chi connectivity index (χ4n) is 1.37. The number of nitrogens with zero attached hydrogens (tertiary/aromatic N) is 2. The Bertz CT molecular complexity index is 571. The lowest BCUT2D eigenvalue weighted by atomic mass is 10.1. The molecule has 0 atom stereocenters. The molecule has 0 aliphatic carbocycles. The van der Waals surface area contributed by atoms with Crippen molar-refractivity contribution in [2.45, 2.75) is 20.3 Å². The largest absolute Gasteiger partial charge is 0.490 e. The predicted molar refractivity (Wildman–Crippen MR) is 75.9 cm³/mol. The Kier molecular flexibility index (Phi) is 5.76. The van der Waals surface area contributed by atoms with E-state index in [-0.39, 0.29) is 31.9 Å². The third-order valence-electron chi connectivity index (χ3n) is 2.45. The number of rotatable bonds is 4. The second-order valence-corrected chi connectivity index (χ2v) is 5.41. The fraction of sp³-hybridized carbons (Fsp3) is 0.385. The average Bonchev–Trinajstić information content (AvgIpc) is 2.37. The van der Waals surface area contributed by atoms with Crippen LogP contribution in [0.2, 0.25) is 15.1 Å². The van der Waals surface area contributed by atoms with Gasteiger partial charge in [0.1, 0.15) is 22.2 Å². The maximum atomic E-state index is 9.04. The first-order valence-corrected chi connectivity index (χ1v) is 6.70. The lowest BCUT2D eigenvalue weighted by molar-refractivity contribution is 0.290. The molecule has 3 nitrogen and oxygen atoms in total. The summed E-state index contributed by atoms with van der Waals surface area (Å²) in [5.74, 6) is 0.617. The Morgan fingerprint density at radius 1 is 1.00 bits per heavy atom. The molecule has 0 saturated heterocycles. The van der Waals surface area contributed by atoms with Crippen molar-refractivity contribution in [1.29, 1.82) is 10.5 Å². The van der Waals surface area contributed by atoms with Gasteiger partial charge < -0.3 is 4.74 Å². The molecule has 1 aromatic carbocycles. The molecule has 0 aliphatic heterocycles. The summed E-state index contributed by atoms with van der Waals surface area (Å²) in [5.41, 5.74) is -0.0477. The van der Waals surface area contributed by atoms with Gasteiger partial charge in [-0.2, -0.15) is 10.5 Å². The molecule has 0 radical (unpaired) electrons. The van der Waals surface area contributed by atoms with Crippen LogP contribution in [0.5, 0.6) is 5.75 Å². The first kappa shape index (κ1) is 15.9. The first-order chi connectivity index (χ1) is 8.93. The van der Waals surface area contributed by atoms with E-state index in [1.165, 1.54) is 0 Å². The molecule has 19 heavy (non-hydrogen) atoms. The minimum absolute atomic E-state index is 0.00957. The van der Waals surface area contributed by atoms with Gasteiger partial charge in [0.2, 0.25) is 0 Å². The number of halogens is 3. The van der Waals surface area contributed by atoms with Crippen LogP contribution in [-0.4, -0.2) is 6.61 Å².